The fraction of sp³-hybridized carbons (Fsp3) is 0.455. The standard InChI is InChI=1S/C11H12BrF3O2S/c1-16-9-3-2-8(7-12)6-10(9)17-4-5-18-11(13,14)15/h2-3,6H,4-5,7H2,1H3. The molecule has 0 saturated carbocycles. The molecule has 0 radical (unpaired) electrons. The zero-order chi connectivity index (χ0) is 13.6. The van der Waals surface area contributed by atoms with E-state index in [1.165, 1.54) is 7.11 Å². The molecule has 18 heavy (non-hydrogen) atoms. The zero-order valence-electron chi connectivity index (χ0n) is 9.59. The normalized spacial score (nSPS) is 11.4. The van der Waals surface area contributed by atoms with Gasteiger partial charge >= 0.3 is 5.51 Å². The number of hydrogen-bond donors (Lipinski definition) is 0. The minimum atomic E-state index is -4.22. The van der Waals surface area contributed by atoms with Crippen LogP contribution >= 0.6 is 27.7 Å². The van der Waals surface area contributed by atoms with Crippen molar-refractivity contribution in [2.24, 2.45) is 0 Å². The Balaban J connectivity index is 2.54. The Kier molecular flexibility index (Phi) is 6.14. The quantitative estimate of drug-likeness (QED) is 0.568. The van der Waals surface area contributed by atoms with E-state index >= 15 is 0 Å². The van der Waals surface area contributed by atoms with Crippen molar-refractivity contribution in [3.8, 4) is 11.5 Å². The summed E-state index contributed by atoms with van der Waals surface area (Å²) in [5.41, 5.74) is -3.25. The maximum atomic E-state index is 11.9. The molecule has 0 aromatic heterocycles. The summed E-state index contributed by atoms with van der Waals surface area (Å²) in [5, 5.41) is 0.644. The first-order chi connectivity index (χ1) is 8.46. The lowest BCUT2D eigenvalue weighted by molar-refractivity contribution is -0.0329. The number of thioether (sulfide) groups is 1. The van der Waals surface area contributed by atoms with Gasteiger partial charge in [-0.3, -0.25) is 0 Å². The van der Waals surface area contributed by atoms with Crippen LogP contribution in [-0.4, -0.2) is 25.0 Å². The van der Waals surface area contributed by atoms with E-state index in [9.17, 15) is 13.2 Å². The monoisotopic (exact) mass is 344 g/mol. The summed E-state index contributed by atoms with van der Waals surface area (Å²) < 4.78 is 46.1. The Hall–Kier alpha value is -0.560. The molecule has 2 nitrogen and oxygen atoms in total. The highest BCUT2D eigenvalue weighted by Gasteiger charge is 2.27. The summed E-state index contributed by atoms with van der Waals surface area (Å²) in [7, 11) is 1.49. The fourth-order valence-corrected chi connectivity index (χ4v) is 1.97. The van der Waals surface area contributed by atoms with Gasteiger partial charge in [-0.05, 0) is 29.5 Å². The van der Waals surface area contributed by atoms with E-state index in [0.717, 1.165) is 5.56 Å². The molecular formula is C11H12BrF3O2S. The molecule has 7 heteroatoms. The number of hydrogen-bond acceptors (Lipinski definition) is 3. The molecule has 1 rings (SSSR count). The van der Waals surface area contributed by atoms with Crippen molar-refractivity contribution in [2.75, 3.05) is 19.5 Å². The average molecular weight is 345 g/mol. The summed E-state index contributed by atoms with van der Waals surface area (Å²) in [4.78, 5) is 0. The molecule has 0 amide bonds. The summed E-state index contributed by atoms with van der Waals surface area (Å²) in [5.74, 6) is 0.819. The van der Waals surface area contributed by atoms with Gasteiger partial charge in [0.1, 0.15) is 0 Å². The van der Waals surface area contributed by atoms with E-state index < -0.39 is 5.51 Å². The third kappa shape index (κ3) is 5.39. The molecule has 1 aromatic carbocycles. The summed E-state index contributed by atoms with van der Waals surface area (Å²) in [6, 6.07) is 5.32. The highest BCUT2D eigenvalue weighted by molar-refractivity contribution is 9.08. The smallest absolute Gasteiger partial charge is 0.441 e. The van der Waals surface area contributed by atoms with Crippen LogP contribution in [0.15, 0.2) is 18.2 Å². The van der Waals surface area contributed by atoms with E-state index in [0.29, 0.717) is 16.8 Å². The van der Waals surface area contributed by atoms with Gasteiger partial charge in [-0.25, -0.2) is 0 Å². The Labute approximate surface area is 116 Å². The van der Waals surface area contributed by atoms with Crippen molar-refractivity contribution in [1.82, 2.24) is 0 Å². The molecule has 0 N–H and O–H groups in total. The number of alkyl halides is 4. The topological polar surface area (TPSA) is 18.5 Å². The minimum absolute atomic E-state index is 0.0216. The van der Waals surface area contributed by atoms with Crippen molar-refractivity contribution in [3.05, 3.63) is 23.8 Å². The van der Waals surface area contributed by atoms with Crippen LogP contribution in [0.3, 0.4) is 0 Å². The summed E-state index contributed by atoms with van der Waals surface area (Å²) in [6.45, 7) is -0.0216. The molecule has 0 heterocycles. The van der Waals surface area contributed by atoms with Crippen molar-refractivity contribution in [2.45, 2.75) is 10.8 Å². The highest BCUT2D eigenvalue weighted by atomic mass is 79.9. The van der Waals surface area contributed by atoms with Crippen LogP contribution in [0, 0.1) is 0 Å². The van der Waals surface area contributed by atoms with Crippen LogP contribution in [-0.2, 0) is 5.33 Å². The summed E-state index contributed by atoms with van der Waals surface area (Å²) in [6.07, 6.45) is 0. The van der Waals surface area contributed by atoms with Crippen LogP contribution in [0.5, 0.6) is 11.5 Å². The Morgan fingerprint density at radius 1 is 1.28 bits per heavy atom. The average Bonchev–Trinajstić information content (AvgIpc) is 2.33. The Morgan fingerprint density at radius 3 is 2.56 bits per heavy atom. The summed E-state index contributed by atoms with van der Waals surface area (Å²) >= 11 is 3.20. The minimum Gasteiger partial charge on any atom is -0.493 e. The maximum absolute atomic E-state index is 11.9. The van der Waals surface area contributed by atoms with E-state index in [2.05, 4.69) is 15.9 Å². The van der Waals surface area contributed by atoms with E-state index in [4.69, 9.17) is 9.47 Å². The molecule has 0 unspecified atom stereocenters. The van der Waals surface area contributed by atoms with Crippen LogP contribution in [0.1, 0.15) is 5.56 Å². The molecular weight excluding hydrogens is 333 g/mol. The van der Waals surface area contributed by atoms with Gasteiger partial charge in [0, 0.05) is 11.1 Å². The van der Waals surface area contributed by atoms with Gasteiger partial charge in [0.15, 0.2) is 11.5 Å². The second kappa shape index (κ2) is 7.13. The maximum Gasteiger partial charge on any atom is 0.441 e. The highest BCUT2D eigenvalue weighted by Crippen LogP contribution is 2.31. The van der Waals surface area contributed by atoms with Crippen LogP contribution in [0.2, 0.25) is 0 Å². The fourth-order valence-electron chi connectivity index (χ4n) is 1.23. The number of methoxy groups -OCH3 is 1. The molecule has 0 saturated heterocycles. The first-order valence-corrected chi connectivity index (χ1v) is 7.13. The molecule has 0 bridgehead atoms. The SMILES string of the molecule is COc1ccc(CBr)cc1OCCSC(F)(F)F. The van der Waals surface area contributed by atoms with Gasteiger partial charge in [0.2, 0.25) is 0 Å². The third-order valence-electron chi connectivity index (χ3n) is 1.99. The van der Waals surface area contributed by atoms with Gasteiger partial charge in [0.05, 0.1) is 13.7 Å². The van der Waals surface area contributed by atoms with E-state index in [1.807, 2.05) is 6.07 Å². The van der Waals surface area contributed by atoms with Crippen molar-refractivity contribution in [3.63, 3.8) is 0 Å². The Morgan fingerprint density at radius 2 is 2.00 bits per heavy atom. The van der Waals surface area contributed by atoms with E-state index in [-0.39, 0.29) is 24.1 Å². The molecule has 0 aliphatic carbocycles. The van der Waals surface area contributed by atoms with Crippen LogP contribution < -0.4 is 9.47 Å². The molecule has 0 aliphatic heterocycles. The predicted octanol–water partition coefficient (Wildman–Crippen LogP) is 4.22. The lowest BCUT2D eigenvalue weighted by Crippen LogP contribution is -2.08. The number of ether oxygens (including phenoxy) is 2. The van der Waals surface area contributed by atoms with Gasteiger partial charge in [-0.2, -0.15) is 13.2 Å². The first-order valence-electron chi connectivity index (χ1n) is 5.02. The van der Waals surface area contributed by atoms with E-state index in [1.54, 1.807) is 12.1 Å². The van der Waals surface area contributed by atoms with Crippen LogP contribution in [0.25, 0.3) is 0 Å². The molecule has 0 aliphatic rings. The van der Waals surface area contributed by atoms with Crippen molar-refractivity contribution >= 4 is 27.7 Å². The molecule has 102 valence electrons. The van der Waals surface area contributed by atoms with Gasteiger partial charge in [0.25, 0.3) is 0 Å². The van der Waals surface area contributed by atoms with Gasteiger partial charge in [-0.15, -0.1) is 0 Å². The molecule has 0 atom stereocenters. The molecule has 0 spiro atoms. The number of halogens is 4. The van der Waals surface area contributed by atoms with Crippen LogP contribution in [0.4, 0.5) is 13.2 Å². The van der Waals surface area contributed by atoms with Crippen molar-refractivity contribution in [1.29, 1.82) is 0 Å². The predicted molar refractivity (Wildman–Crippen MR) is 69.6 cm³/mol. The third-order valence-corrected chi connectivity index (χ3v) is 3.33. The molecule has 0 fully saturated rings. The largest absolute Gasteiger partial charge is 0.493 e. The van der Waals surface area contributed by atoms with Crippen molar-refractivity contribution < 1.29 is 22.6 Å². The molecule has 1 aromatic rings. The second-order valence-corrected chi connectivity index (χ2v) is 4.98. The number of rotatable bonds is 6. The Bertz CT molecular complexity index is 385. The van der Waals surface area contributed by atoms with Gasteiger partial charge < -0.3 is 9.47 Å². The van der Waals surface area contributed by atoms with Gasteiger partial charge in [-0.1, -0.05) is 22.0 Å². The lowest BCUT2D eigenvalue weighted by Gasteiger charge is -2.12. The number of benzene rings is 1. The first kappa shape index (κ1) is 15.5. The lowest BCUT2D eigenvalue weighted by atomic mass is 10.2. The second-order valence-electron chi connectivity index (χ2n) is 3.26. The zero-order valence-corrected chi connectivity index (χ0v) is 12.0.